The van der Waals surface area contributed by atoms with Gasteiger partial charge < -0.3 is 15.5 Å². The van der Waals surface area contributed by atoms with Crippen LogP contribution in [0, 0.1) is 0 Å². The topological polar surface area (TPSA) is 57.3 Å². The third-order valence-corrected chi connectivity index (χ3v) is 6.05. The molecule has 1 aliphatic rings. The summed E-state index contributed by atoms with van der Waals surface area (Å²) in [6.45, 7) is 14.0. The van der Waals surface area contributed by atoms with Gasteiger partial charge in [0.05, 0.1) is 0 Å². The molecule has 1 aromatic carbocycles. The van der Waals surface area contributed by atoms with Crippen LogP contribution in [-0.4, -0.2) is 34.5 Å². The van der Waals surface area contributed by atoms with Crippen molar-refractivity contribution in [3.8, 4) is 0 Å². The second-order valence-corrected chi connectivity index (χ2v) is 9.88. The minimum absolute atomic E-state index is 0.0183. The van der Waals surface area contributed by atoms with E-state index in [2.05, 4.69) is 92.0 Å². The molecule has 194 valence electrons. The van der Waals surface area contributed by atoms with E-state index in [-0.39, 0.29) is 5.91 Å². The molecule has 1 aromatic heterocycles. The Bertz CT molecular complexity index is 1190. The number of pyridine rings is 1. The number of allylic oxidation sites excluding steroid dienone is 5. The number of rotatable bonds is 13. The summed E-state index contributed by atoms with van der Waals surface area (Å²) in [4.78, 5) is 19.1. The van der Waals surface area contributed by atoms with Crippen molar-refractivity contribution in [3.63, 3.8) is 0 Å². The number of anilines is 1. The fourth-order valence-electron chi connectivity index (χ4n) is 4.31. The van der Waals surface area contributed by atoms with Crippen LogP contribution in [0.1, 0.15) is 68.6 Å². The highest BCUT2D eigenvalue weighted by Crippen LogP contribution is 2.21. The molecule has 5 nitrogen and oxygen atoms in total. The first-order valence-electron chi connectivity index (χ1n) is 13.2. The Morgan fingerprint density at radius 2 is 1.86 bits per heavy atom. The van der Waals surface area contributed by atoms with Crippen molar-refractivity contribution >= 4 is 17.3 Å². The highest BCUT2D eigenvalue weighted by molar-refractivity contribution is 5.92. The lowest BCUT2D eigenvalue weighted by molar-refractivity contribution is 0.0749. The zero-order chi connectivity index (χ0) is 26.7. The average Bonchev–Trinajstić information content (AvgIpc) is 3.15. The van der Waals surface area contributed by atoms with Crippen LogP contribution in [-0.2, 0) is 6.42 Å². The molecule has 37 heavy (non-hydrogen) atoms. The monoisotopic (exact) mass is 496 g/mol. The SMILES string of the molecule is C=C(NC(C)(C)Nc1cccc(CCC2=CC=C=CC=C2)c1)c1ccc(C(=O)N(CCC)CCC)nc1. The third-order valence-electron chi connectivity index (χ3n) is 6.05. The minimum atomic E-state index is -0.452. The van der Waals surface area contributed by atoms with Crippen molar-refractivity contribution in [2.45, 2.75) is 59.0 Å². The molecule has 0 atom stereocenters. The predicted molar refractivity (Wildman–Crippen MR) is 155 cm³/mol. The summed E-state index contributed by atoms with van der Waals surface area (Å²) in [5, 5.41) is 7.05. The van der Waals surface area contributed by atoms with Crippen LogP contribution in [0.5, 0.6) is 0 Å². The molecule has 0 spiro atoms. The molecule has 1 heterocycles. The first kappa shape index (κ1) is 27.8. The van der Waals surface area contributed by atoms with Gasteiger partial charge >= 0.3 is 0 Å². The van der Waals surface area contributed by atoms with E-state index >= 15 is 0 Å². The lowest BCUT2D eigenvalue weighted by Gasteiger charge is -2.31. The number of benzene rings is 1. The molecule has 2 N–H and O–H groups in total. The molecule has 0 fully saturated rings. The Kier molecular flexibility index (Phi) is 10.1. The van der Waals surface area contributed by atoms with Gasteiger partial charge in [-0.2, -0.15) is 0 Å². The van der Waals surface area contributed by atoms with E-state index in [9.17, 15) is 4.79 Å². The Hall–Kier alpha value is -3.82. The molecular weight excluding hydrogens is 456 g/mol. The fourth-order valence-corrected chi connectivity index (χ4v) is 4.31. The van der Waals surface area contributed by atoms with Gasteiger partial charge in [0, 0.05) is 36.2 Å². The molecule has 0 saturated heterocycles. The molecule has 2 aromatic rings. The fraction of sp³-hybridized carbons (Fsp3) is 0.344. The second-order valence-electron chi connectivity index (χ2n) is 9.88. The van der Waals surface area contributed by atoms with Gasteiger partial charge in [0.2, 0.25) is 0 Å². The van der Waals surface area contributed by atoms with Crippen LogP contribution in [0.3, 0.4) is 0 Å². The summed E-state index contributed by atoms with van der Waals surface area (Å²) in [7, 11) is 0. The van der Waals surface area contributed by atoms with Gasteiger partial charge in [-0.05, 0) is 87.1 Å². The maximum absolute atomic E-state index is 12.8. The summed E-state index contributed by atoms with van der Waals surface area (Å²) in [5.41, 5.74) is 8.33. The van der Waals surface area contributed by atoms with Crippen molar-refractivity contribution in [2.24, 2.45) is 0 Å². The van der Waals surface area contributed by atoms with E-state index in [1.165, 1.54) is 11.1 Å². The van der Waals surface area contributed by atoms with E-state index < -0.39 is 5.66 Å². The molecule has 0 aliphatic heterocycles. The molecule has 1 aliphatic carbocycles. The van der Waals surface area contributed by atoms with E-state index in [1.54, 1.807) is 12.3 Å². The number of nitrogens with one attached hydrogen (secondary N) is 2. The number of aromatic nitrogens is 1. The van der Waals surface area contributed by atoms with E-state index in [1.807, 2.05) is 29.2 Å². The Morgan fingerprint density at radius 1 is 1.08 bits per heavy atom. The minimum Gasteiger partial charge on any atom is -0.363 e. The summed E-state index contributed by atoms with van der Waals surface area (Å²) in [6, 6.07) is 12.2. The van der Waals surface area contributed by atoms with E-state index in [4.69, 9.17) is 0 Å². The Morgan fingerprint density at radius 3 is 2.57 bits per heavy atom. The van der Waals surface area contributed by atoms with Crippen LogP contribution in [0.4, 0.5) is 5.69 Å². The first-order valence-corrected chi connectivity index (χ1v) is 13.2. The number of amides is 1. The molecule has 3 rings (SSSR count). The lowest BCUT2D eigenvalue weighted by atomic mass is 10.0. The smallest absolute Gasteiger partial charge is 0.272 e. The lowest BCUT2D eigenvalue weighted by Crippen LogP contribution is -2.45. The maximum atomic E-state index is 12.8. The van der Waals surface area contributed by atoms with Crippen molar-refractivity contribution in [1.82, 2.24) is 15.2 Å². The van der Waals surface area contributed by atoms with Crippen molar-refractivity contribution in [2.75, 3.05) is 18.4 Å². The quantitative estimate of drug-likeness (QED) is 0.234. The first-order chi connectivity index (χ1) is 17.8. The molecule has 0 unspecified atom stereocenters. The van der Waals surface area contributed by atoms with Gasteiger partial charge in [0.1, 0.15) is 11.4 Å². The number of hydrogen-bond donors (Lipinski definition) is 2. The summed E-state index contributed by atoms with van der Waals surface area (Å²) >= 11 is 0. The zero-order valence-corrected chi connectivity index (χ0v) is 22.7. The number of carbonyl (C=O) groups is 1. The van der Waals surface area contributed by atoms with Crippen LogP contribution >= 0.6 is 0 Å². The summed E-state index contributed by atoms with van der Waals surface area (Å²) < 4.78 is 0. The van der Waals surface area contributed by atoms with Gasteiger partial charge in [-0.3, -0.25) is 9.78 Å². The average molecular weight is 497 g/mol. The van der Waals surface area contributed by atoms with Gasteiger partial charge in [-0.1, -0.05) is 50.8 Å². The molecular formula is C32H40N4O. The summed E-state index contributed by atoms with van der Waals surface area (Å²) in [6.07, 6.45) is 15.7. The second kappa shape index (κ2) is 13.5. The molecule has 0 bridgehead atoms. The van der Waals surface area contributed by atoms with Crippen LogP contribution in [0.25, 0.3) is 5.70 Å². The van der Waals surface area contributed by atoms with E-state index in [0.29, 0.717) is 5.69 Å². The molecule has 1 amide bonds. The largest absolute Gasteiger partial charge is 0.363 e. The third kappa shape index (κ3) is 8.66. The number of aryl methyl sites for hydroxylation is 1. The highest BCUT2D eigenvalue weighted by atomic mass is 16.2. The van der Waals surface area contributed by atoms with Gasteiger partial charge in [0.15, 0.2) is 0 Å². The maximum Gasteiger partial charge on any atom is 0.272 e. The molecule has 0 radical (unpaired) electrons. The van der Waals surface area contributed by atoms with E-state index in [0.717, 1.165) is 55.7 Å². The summed E-state index contributed by atoms with van der Waals surface area (Å²) in [5.74, 6) is -0.0183. The van der Waals surface area contributed by atoms with Crippen LogP contribution < -0.4 is 10.6 Å². The number of hydrogen-bond acceptors (Lipinski definition) is 4. The standard InChI is InChI=1S/C32H40N4O/c1-6-21-36(22-7-2)31(37)30-20-19-28(24-33-30)25(3)34-32(4,5)35-29-16-12-15-27(23-29)18-17-26-13-10-8-9-11-14-26/h8,10-16,19-20,23-24,34-35H,3,6-7,17-18,21-22H2,1-2,4-5H3. The Balaban J connectivity index is 1.59. The van der Waals surface area contributed by atoms with Crippen molar-refractivity contribution in [3.05, 3.63) is 108 Å². The normalized spacial score (nSPS) is 12.6. The molecule has 5 heteroatoms. The van der Waals surface area contributed by atoms with Crippen LogP contribution in [0.15, 0.2) is 90.9 Å². The number of carbonyl (C=O) groups excluding carboxylic acids is 1. The van der Waals surface area contributed by atoms with Gasteiger partial charge in [-0.15, -0.1) is 5.73 Å². The predicted octanol–water partition coefficient (Wildman–Crippen LogP) is 6.89. The number of nitrogens with zero attached hydrogens (tertiary/aromatic N) is 2. The zero-order valence-electron chi connectivity index (χ0n) is 22.7. The highest BCUT2D eigenvalue weighted by Gasteiger charge is 2.20. The molecule has 0 saturated carbocycles. The van der Waals surface area contributed by atoms with Crippen LogP contribution in [0.2, 0.25) is 0 Å². The van der Waals surface area contributed by atoms with Gasteiger partial charge in [0.25, 0.3) is 5.91 Å². The van der Waals surface area contributed by atoms with Crippen molar-refractivity contribution in [1.29, 1.82) is 0 Å². The Labute approximate surface area is 222 Å². The van der Waals surface area contributed by atoms with Crippen molar-refractivity contribution < 1.29 is 4.79 Å². The van der Waals surface area contributed by atoms with Gasteiger partial charge in [-0.25, -0.2) is 0 Å².